The molecule has 1 aromatic heterocycles. The van der Waals surface area contributed by atoms with Crippen molar-refractivity contribution in [3.63, 3.8) is 0 Å². The average molecular weight is 334 g/mol. The number of aromatic nitrogens is 1. The number of methoxy groups -OCH3 is 1. The van der Waals surface area contributed by atoms with Crippen LogP contribution in [-0.4, -0.2) is 30.3 Å². The Bertz CT molecular complexity index is 641. The first-order chi connectivity index (χ1) is 10.7. The first kappa shape index (κ1) is 16.6. The number of carbonyl (C=O) groups is 1. The van der Waals surface area contributed by atoms with Gasteiger partial charge in [0.2, 0.25) is 5.91 Å². The summed E-state index contributed by atoms with van der Waals surface area (Å²) < 4.78 is 5.23. The van der Waals surface area contributed by atoms with Gasteiger partial charge in [-0.3, -0.25) is 4.79 Å². The van der Waals surface area contributed by atoms with Crippen LogP contribution in [0.1, 0.15) is 5.69 Å². The van der Waals surface area contributed by atoms with E-state index in [-0.39, 0.29) is 5.91 Å². The van der Waals surface area contributed by atoms with Crippen LogP contribution in [0.2, 0.25) is 0 Å². The van der Waals surface area contributed by atoms with Crippen molar-refractivity contribution in [2.24, 2.45) is 0 Å². The number of thiazole rings is 1. The largest absolute Gasteiger partial charge is 0.497 e. The van der Waals surface area contributed by atoms with Gasteiger partial charge in [-0.05, 0) is 12.1 Å². The summed E-state index contributed by atoms with van der Waals surface area (Å²) in [7, 11) is 1.65. The Morgan fingerprint density at radius 2 is 2.41 bits per heavy atom. The predicted octanol–water partition coefficient (Wildman–Crippen LogP) is 3.35. The lowest BCUT2D eigenvalue weighted by Crippen LogP contribution is -2.24. The van der Waals surface area contributed by atoms with Crippen molar-refractivity contribution < 1.29 is 9.53 Å². The molecule has 0 saturated carbocycles. The van der Waals surface area contributed by atoms with Gasteiger partial charge in [-0.15, -0.1) is 29.7 Å². The summed E-state index contributed by atoms with van der Waals surface area (Å²) in [5.41, 5.74) is 2.04. The number of carbonyl (C=O) groups excluding carboxylic acids is 1. The van der Waals surface area contributed by atoms with E-state index in [0.29, 0.717) is 12.3 Å². The molecule has 4 nitrogen and oxygen atoms in total. The van der Waals surface area contributed by atoms with Crippen molar-refractivity contribution in [1.29, 1.82) is 0 Å². The second-order valence-electron chi connectivity index (χ2n) is 4.46. The lowest BCUT2D eigenvalue weighted by atomic mass is 10.2. The van der Waals surface area contributed by atoms with Gasteiger partial charge < -0.3 is 10.1 Å². The van der Waals surface area contributed by atoms with E-state index in [1.807, 2.05) is 29.6 Å². The fraction of sp³-hybridized carbons (Fsp3) is 0.250. The second kappa shape index (κ2) is 8.60. The first-order valence-electron chi connectivity index (χ1n) is 6.77. The van der Waals surface area contributed by atoms with Gasteiger partial charge in [-0.25, -0.2) is 4.98 Å². The number of rotatable bonds is 8. The highest BCUT2D eigenvalue weighted by atomic mass is 32.2. The minimum Gasteiger partial charge on any atom is -0.497 e. The molecule has 2 rings (SSSR count). The summed E-state index contributed by atoms with van der Waals surface area (Å²) in [4.78, 5) is 16.1. The molecule has 0 aliphatic carbocycles. The summed E-state index contributed by atoms with van der Waals surface area (Å²) in [5.74, 6) is 2.00. The zero-order valence-corrected chi connectivity index (χ0v) is 14.0. The van der Waals surface area contributed by atoms with Gasteiger partial charge in [0.15, 0.2) is 0 Å². The van der Waals surface area contributed by atoms with Crippen molar-refractivity contribution >= 4 is 29.0 Å². The van der Waals surface area contributed by atoms with E-state index in [1.165, 1.54) is 0 Å². The van der Waals surface area contributed by atoms with E-state index >= 15 is 0 Å². The summed E-state index contributed by atoms with van der Waals surface area (Å²) >= 11 is 3.15. The molecule has 6 heteroatoms. The summed E-state index contributed by atoms with van der Waals surface area (Å²) in [6.45, 7) is 4.08. The third-order valence-electron chi connectivity index (χ3n) is 2.80. The van der Waals surface area contributed by atoms with Crippen molar-refractivity contribution in [2.75, 3.05) is 19.4 Å². The molecular weight excluding hydrogens is 316 g/mol. The average Bonchev–Trinajstić information content (AvgIpc) is 3.02. The monoisotopic (exact) mass is 334 g/mol. The maximum Gasteiger partial charge on any atom is 0.230 e. The van der Waals surface area contributed by atoms with Gasteiger partial charge in [0.05, 0.1) is 18.6 Å². The third kappa shape index (κ3) is 4.89. The highest BCUT2D eigenvalue weighted by Crippen LogP contribution is 2.27. The molecule has 0 aliphatic rings. The second-order valence-corrected chi connectivity index (χ2v) is 6.31. The highest BCUT2D eigenvalue weighted by molar-refractivity contribution is 7.99. The number of ether oxygens (including phenoxy) is 1. The van der Waals surface area contributed by atoms with Gasteiger partial charge >= 0.3 is 0 Å². The smallest absolute Gasteiger partial charge is 0.230 e. The Balaban J connectivity index is 1.88. The van der Waals surface area contributed by atoms with E-state index in [2.05, 4.69) is 16.9 Å². The van der Waals surface area contributed by atoms with Crippen molar-refractivity contribution in [1.82, 2.24) is 10.3 Å². The lowest BCUT2D eigenvalue weighted by molar-refractivity contribution is -0.118. The molecule has 0 spiro atoms. The van der Waals surface area contributed by atoms with Gasteiger partial charge in [-0.2, -0.15) is 0 Å². The summed E-state index contributed by atoms with van der Waals surface area (Å²) in [5, 5.41) is 5.75. The third-order valence-corrected chi connectivity index (χ3v) is 4.70. The van der Waals surface area contributed by atoms with Crippen LogP contribution in [0.25, 0.3) is 10.6 Å². The number of hydrogen-bond donors (Lipinski definition) is 1. The molecule has 22 heavy (non-hydrogen) atoms. The molecule has 2 aromatic rings. The molecule has 0 bridgehead atoms. The van der Waals surface area contributed by atoms with Crippen molar-refractivity contribution in [3.05, 3.63) is 48.0 Å². The fourth-order valence-corrected chi connectivity index (χ4v) is 3.42. The van der Waals surface area contributed by atoms with Crippen LogP contribution >= 0.6 is 23.1 Å². The fourth-order valence-electron chi connectivity index (χ4n) is 1.75. The molecule has 116 valence electrons. The molecule has 0 unspecified atom stereocenters. The van der Waals surface area contributed by atoms with Gasteiger partial charge in [0.25, 0.3) is 0 Å². The van der Waals surface area contributed by atoms with E-state index < -0.39 is 0 Å². The Morgan fingerprint density at radius 3 is 3.18 bits per heavy atom. The molecule has 1 heterocycles. The molecular formula is C16H18N2O2S2. The number of thioether (sulfide) groups is 1. The Morgan fingerprint density at radius 1 is 1.55 bits per heavy atom. The van der Waals surface area contributed by atoms with Crippen LogP contribution in [0, 0.1) is 0 Å². The number of amides is 1. The Labute approximate surface area is 138 Å². The number of benzene rings is 1. The standard InChI is InChI=1S/C16H18N2O2S2/c1-3-7-17-15(19)11-21-9-13-10-22-16(18-13)12-5-4-6-14(8-12)20-2/h3-6,8,10H,1,7,9,11H2,2H3,(H,17,19). The minimum absolute atomic E-state index is 0.0214. The SMILES string of the molecule is C=CCNC(=O)CSCc1csc(-c2cccc(OC)c2)n1. The van der Waals surface area contributed by atoms with Gasteiger partial charge in [-0.1, -0.05) is 18.2 Å². The molecule has 1 N–H and O–H groups in total. The molecule has 0 atom stereocenters. The Hall–Kier alpha value is -1.79. The van der Waals surface area contributed by atoms with E-state index in [1.54, 1.807) is 36.3 Å². The molecule has 1 amide bonds. The number of nitrogens with zero attached hydrogens (tertiary/aromatic N) is 1. The summed E-state index contributed by atoms with van der Waals surface area (Å²) in [6.07, 6.45) is 1.67. The molecule has 0 saturated heterocycles. The molecule has 0 aliphatic heterocycles. The number of nitrogens with one attached hydrogen (secondary N) is 1. The minimum atomic E-state index is 0.0214. The van der Waals surface area contributed by atoms with Gasteiger partial charge in [0.1, 0.15) is 10.8 Å². The highest BCUT2D eigenvalue weighted by Gasteiger charge is 2.07. The van der Waals surface area contributed by atoms with Crippen LogP contribution in [0.4, 0.5) is 0 Å². The zero-order chi connectivity index (χ0) is 15.8. The maximum atomic E-state index is 11.5. The summed E-state index contributed by atoms with van der Waals surface area (Å²) in [6, 6.07) is 7.85. The Kier molecular flexibility index (Phi) is 6.48. The van der Waals surface area contributed by atoms with Crippen LogP contribution in [0.3, 0.4) is 0 Å². The molecule has 1 aromatic carbocycles. The number of hydrogen-bond acceptors (Lipinski definition) is 5. The predicted molar refractivity (Wildman–Crippen MR) is 93.5 cm³/mol. The van der Waals surface area contributed by atoms with Crippen molar-refractivity contribution in [3.8, 4) is 16.3 Å². The van der Waals surface area contributed by atoms with Crippen LogP contribution in [0.15, 0.2) is 42.3 Å². The van der Waals surface area contributed by atoms with Crippen LogP contribution in [0.5, 0.6) is 5.75 Å². The maximum absolute atomic E-state index is 11.5. The molecule has 0 fully saturated rings. The van der Waals surface area contributed by atoms with Crippen LogP contribution < -0.4 is 10.1 Å². The quantitative estimate of drug-likeness (QED) is 0.752. The van der Waals surface area contributed by atoms with Crippen molar-refractivity contribution in [2.45, 2.75) is 5.75 Å². The van der Waals surface area contributed by atoms with E-state index in [9.17, 15) is 4.79 Å². The topological polar surface area (TPSA) is 51.2 Å². The normalized spacial score (nSPS) is 10.2. The zero-order valence-electron chi connectivity index (χ0n) is 12.4. The van der Waals surface area contributed by atoms with E-state index in [4.69, 9.17) is 4.74 Å². The van der Waals surface area contributed by atoms with Crippen LogP contribution in [-0.2, 0) is 10.5 Å². The van der Waals surface area contributed by atoms with E-state index in [0.717, 1.165) is 27.8 Å². The molecule has 0 radical (unpaired) electrons. The van der Waals surface area contributed by atoms with Gasteiger partial charge in [0, 0.05) is 23.2 Å². The lowest BCUT2D eigenvalue weighted by Gasteiger charge is -2.02. The first-order valence-corrected chi connectivity index (χ1v) is 8.80.